The molecule has 4 N–H and O–H groups in total. The van der Waals surface area contributed by atoms with E-state index in [1.165, 1.54) is 6.07 Å². The lowest BCUT2D eigenvalue weighted by Crippen LogP contribution is -2.21. The number of rotatable bonds is 4. The summed E-state index contributed by atoms with van der Waals surface area (Å²) in [5, 5.41) is 12.3. The lowest BCUT2D eigenvalue weighted by Gasteiger charge is -2.12. The lowest BCUT2D eigenvalue weighted by molar-refractivity contribution is -0.124. The third kappa shape index (κ3) is 3.43. The second-order valence-electron chi connectivity index (χ2n) is 4.36. The van der Waals surface area contributed by atoms with Crippen LogP contribution in [0.1, 0.15) is 22.0 Å². The summed E-state index contributed by atoms with van der Waals surface area (Å²) in [5.74, 6) is -2.40. The second kappa shape index (κ2) is 6.15. The molecule has 1 atom stereocenters. The van der Waals surface area contributed by atoms with Crippen molar-refractivity contribution in [2.24, 2.45) is 5.73 Å². The van der Waals surface area contributed by atoms with E-state index in [0.717, 1.165) is 12.1 Å². The molecule has 0 saturated heterocycles. The van der Waals surface area contributed by atoms with Crippen molar-refractivity contribution in [2.75, 3.05) is 5.32 Å². The van der Waals surface area contributed by atoms with Gasteiger partial charge in [-0.05, 0) is 23.8 Å². The summed E-state index contributed by atoms with van der Waals surface area (Å²) in [6.45, 7) is 0. The number of nitrogens with two attached hydrogens (primary N) is 1. The van der Waals surface area contributed by atoms with Crippen LogP contribution in [0.15, 0.2) is 48.5 Å². The van der Waals surface area contributed by atoms with Gasteiger partial charge >= 0.3 is 0 Å². The third-order valence-corrected chi connectivity index (χ3v) is 2.86. The standard InChI is InChI=1S/C15H13FN2O3/c16-12-7-6-10(8-11(12)14(17)20)18-15(21)13(19)9-4-2-1-3-5-9/h1-8,13,19H,(H2,17,20)(H,18,21). The average Bonchev–Trinajstić information content (AvgIpc) is 2.49. The Labute approximate surface area is 120 Å². The summed E-state index contributed by atoms with van der Waals surface area (Å²) >= 11 is 0. The molecule has 0 aliphatic rings. The van der Waals surface area contributed by atoms with Gasteiger partial charge in [0.25, 0.3) is 11.8 Å². The number of aliphatic hydroxyl groups is 1. The number of halogens is 1. The first kappa shape index (κ1) is 14.7. The molecule has 0 heterocycles. The van der Waals surface area contributed by atoms with Crippen LogP contribution in [0.2, 0.25) is 0 Å². The lowest BCUT2D eigenvalue weighted by atomic mass is 10.1. The van der Waals surface area contributed by atoms with E-state index in [-0.39, 0.29) is 11.3 Å². The number of hydrogen-bond donors (Lipinski definition) is 3. The van der Waals surface area contributed by atoms with Gasteiger partial charge < -0.3 is 16.2 Å². The van der Waals surface area contributed by atoms with Gasteiger partial charge in [-0.3, -0.25) is 9.59 Å². The quantitative estimate of drug-likeness (QED) is 0.797. The molecule has 6 heteroatoms. The summed E-state index contributed by atoms with van der Waals surface area (Å²) in [6.07, 6.45) is -1.37. The molecule has 2 amide bonds. The van der Waals surface area contributed by atoms with Crippen LogP contribution in [0.25, 0.3) is 0 Å². The summed E-state index contributed by atoms with van der Waals surface area (Å²) in [5.41, 5.74) is 5.29. The van der Waals surface area contributed by atoms with Crippen molar-refractivity contribution in [2.45, 2.75) is 6.10 Å². The van der Waals surface area contributed by atoms with Gasteiger partial charge in [0.15, 0.2) is 6.10 Å². The maximum Gasteiger partial charge on any atom is 0.257 e. The zero-order valence-corrected chi connectivity index (χ0v) is 10.9. The molecule has 0 aliphatic heterocycles. The number of carbonyl (C=O) groups excluding carboxylic acids is 2. The van der Waals surface area contributed by atoms with E-state index >= 15 is 0 Å². The van der Waals surface area contributed by atoms with Gasteiger partial charge in [-0.1, -0.05) is 30.3 Å². The first-order valence-electron chi connectivity index (χ1n) is 6.12. The third-order valence-electron chi connectivity index (χ3n) is 2.86. The fourth-order valence-corrected chi connectivity index (χ4v) is 1.79. The maximum atomic E-state index is 13.3. The van der Waals surface area contributed by atoms with E-state index in [4.69, 9.17) is 5.73 Å². The van der Waals surface area contributed by atoms with Crippen molar-refractivity contribution >= 4 is 17.5 Å². The number of aliphatic hydroxyl groups excluding tert-OH is 1. The highest BCUT2D eigenvalue weighted by atomic mass is 19.1. The molecule has 21 heavy (non-hydrogen) atoms. The molecule has 0 bridgehead atoms. The number of hydrogen-bond acceptors (Lipinski definition) is 3. The molecule has 0 radical (unpaired) electrons. The monoisotopic (exact) mass is 288 g/mol. The Morgan fingerprint density at radius 1 is 1.14 bits per heavy atom. The Morgan fingerprint density at radius 2 is 1.81 bits per heavy atom. The van der Waals surface area contributed by atoms with Crippen molar-refractivity contribution in [3.63, 3.8) is 0 Å². The summed E-state index contributed by atoms with van der Waals surface area (Å²) in [7, 11) is 0. The molecule has 0 fully saturated rings. The molecule has 5 nitrogen and oxygen atoms in total. The van der Waals surface area contributed by atoms with Crippen LogP contribution in [0, 0.1) is 5.82 Å². The average molecular weight is 288 g/mol. The molecule has 2 aromatic carbocycles. The van der Waals surface area contributed by atoms with E-state index in [9.17, 15) is 19.1 Å². The van der Waals surface area contributed by atoms with E-state index in [0.29, 0.717) is 5.56 Å². The van der Waals surface area contributed by atoms with E-state index in [1.54, 1.807) is 30.3 Å². The smallest absolute Gasteiger partial charge is 0.257 e. The van der Waals surface area contributed by atoms with Crippen molar-refractivity contribution in [3.8, 4) is 0 Å². The molecule has 1 unspecified atom stereocenters. The Kier molecular flexibility index (Phi) is 4.30. The molecule has 0 aromatic heterocycles. The topological polar surface area (TPSA) is 92.4 Å². The Hall–Kier alpha value is -2.73. The molecule has 0 spiro atoms. The van der Waals surface area contributed by atoms with Crippen LogP contribution >= 0.6 is 0 Å². The number of benzene rings is 2. The molecule has 108 valence electrons. The number of anilines is 1. The summed E-state index contributed by atoms with van der Waals surface area (Å²) in [4.78, 5) is 22.9. The largest absolute Gasteiger partial charge is 0.378 e. The van der Waals surface area contributed by atoms with Crippen molar-refractivity contribution in [3.05, 3.63) is 65.5 Å². The summed E-state index contributed by atoms with van der Waals surface area (Å²) in [6, 6.07) is 11.7. The number of primary amides is 1. The zero-order valence-electron chi connectivity index (χ0n) is 10.9. The SMILES string of the molecule is NC(=O)c1cc(NC(=O)C(O)c2ccccc2)ccc1F. The fraction of sp³-hybridized carbons (Fsp3) is 0.0667. The first-order chi connectivity index (χ1) is 9.99. The van der Waals surface area contributed by atoms with Crippen molar-refractivity contribution < 1.29 is 19.1 Å². The predicted octanol–water partition coefficient (Wildman–Crippen LogP) is 1.60. The molecule has 2 rings (SSSR count). The van der Waals surface area contributed by atoms with Gasteiger partial charge in [-0.15, -0.1) is 0 Å². The molecular weight excluding hydrogens is 275 g/mol. The van der Waals surface area contributed by atoms with Crippen LogP contribution in [0.3, 0.4) is 0 Å². The Bertz CT molecular complexity index is 674. The minimum absolute atomic E-state index is 0.171. The van der Waals surface area contributed by atoms with Crippen LogP contribution in [-0.4, -0.2) is 16.9 Å². The number of amides is 2. The zero-order chi connectivity index (χ0) is 15.4. The first-order valence-corrected chi connectivity index (χ1v) is 6.12. The fourth-order valence-electron chi connectivity index (χ4n) is 1.79. The highest BCUT2D eigenvalue weighted by Crippen LogP contribution is 2.18. The van der Waals surface area contributed by atoms with Gasteiger partial charge in [0, 0.05) is 5.69 Å². The van der Waals surface area contributed by atoms with Gasteiger partial charge in [-0.2, -0.15) is 0 Å². The number of carbonyl (C=O) groups is 2. The minimum Gasteiger partial charge on any atom is -0.378 e. The second-order valence-corrected chi connectivity index (χ2v) is 4.36. The predicted molar refractivity (Wildman–Crippen MR) is 74.9 cm³/mol. The van der Waals surface area contributed by atoms with E-state index < -0.39 is 23.7 Å². The van der Waals surface area contributed by atoms with Crippen molar-refractivity contribution in [1.29, 1.82) is 0 Å². The maximum absolute atomic E-state index is 13.3. The minimum atomic E-state index is -1.37. The van der Waals surface area contributed by atoms with Gasteiger partial charge in [0.05, 0.1) is 5.56 Å². The Balaban J connectivity index is 2.16. The van der Waals surface area contributed by atoms with Crippen molar-refractivity contribution in [1.82, 2.24) is 0 Å². The van der Waals surface area contributed by atoms with Crippen LogP contribution in [0.4, 0.5) is 10.1 Å². The summed E-state index contributed by atoms with van der Waals surface area (Å²) < 4.78 is 13.3. The van der Waals surface area contributed by atoms with Crippen LogP contribution in [0.5, 0.6) is 0 Å². The molecular formula is C15H13FN2O3. The Morgan fingerprint density at radius 3 is 2.43 bits per heavy atom. The molecule has 0 saturated carbocycles. The molecule has 2 aromatic rings. The highest BCUT2D eigenvalue weighted by Gasteiger charge is 2.18. The van der Waals surface area contributed by atoms with E-state index in [2.05, 4.69) is 5.32 Å². The molecule has 0 aliphatic carbocycles. The van der Waals surface area contributed by atoms with Crippen LogP contribution in [-0.2, 0) is 4.79 Å². The van der Waals surface area contributed by atoms with E-state index in [1.807, 2.05) is 0 Å². The van der Waals surface area contributed by atoms with Gasteiger partial charge in [-0.25, -0.2) is 4.39 Å². The van der Waals surface area contributed by atoms with Crippen LogP contribution < -0.4 is 11.1 Å². The van der Waals surface area contributed by atoms with Gasteiger partial charge in [0.1, 0.15) is 5.82 Å². The van der Waals surface area contributed by atoms with Gasteiger partial charge in [0.2, 0.25) is 0 Å². The normalized spacial score (nSPS) is 11.7. The highest BCUT2D eigenvalue weighted by molar-refractivity contribution is 5.98. The number of nitrogens with one attached hydrogen (secondary N) is 1.